The lowest BCUT2D eigenvalue weighted by Crippen LogP contribution is -2.01. The van der Waals surface area contributed by atoms with Crippen LogP contribution in [0.1, 0.15) is 29.6 Å². The summed E-state index contributed by atoms with van der Waals surface area (Å²) in [6.45, 7) is 6.15. The van der Waals surface area contributed by atoms with Crippen LogP contribution in [0.2, 0.25) is 5.15 Å². The van der Waals surface area contributed by atoms with Crippen LogP contribution >= 0.6 is 23.4 Å². The van der Waals surface area contributed by atoms with Crippen LogP contribution in [0, 0.1) is 13.8 Å². The van der Waals surface area contributed by atoms with Crippen molar-refractivity contribution >= 4 is 23.4 Å². The zero-order valence-electron chi connectivity index (χ0n) is 11.4. The number of aromatic nitrogens is 2. The van der Waals surface area contributed by atoms with E-state index in [0.717, 1.165) is 29.3 Å². The van der Waals surface area contributed by atoms with Crippen molar-refractivity contribution in [2.45, 2.75) is 37.8 Å². The minimum atomic E-state index is 0.592. The summed E-state index contributed by atoms with van der Waals surface area (Å²) in [5.74, 6) is 1.54. The first-order valence-corrected chi connectivity index (χ1v) is 7.68. The van der Waals surface area contributed by atoms with E-state index >= 15 is 0 Å². The lowest BCUT2D eigenvalue weighted by Gasteiger charge is -2.07. The van der Waals surface area contributed by atoms with Crippen molar-refractivity contribution in [2.24, 2.45) is 0 Å². The van der Waals surface area contributed by atoms with E-state index in [1.54, 1.807) is 11.8 Å². The third kappa shape index (κ3) is 3.71. The summed E-state index contributed by atoms with van der Waals surface area (Å²) in [5.41, 5.74) is 3.31. The van der Waals surface area contributed by atoms with Crippen molar-refractivity contribution < 1.29 is 0 Å². The van der Waals surface area contributed by atoms with Gasteiger partial charge in [-0.15, -0.1) is 11.8 Å². The molecule has 0 saturated carbocycles. The number of nitrogens with zero attached hydrogens (tertiary/aromatic N) is 2. The van der Waals surface area contributed by atoms with Gasteiger partial charge in [0.25, 0.3) is 0 Å². The number of benzene rings is 1. The first kappa shape index (κ1) is 14.4. The molecule has 2 rings (SSSR count). The molecule has 0 aliphatic heterocycles. The second-order valence-electron chi connectivity index (χ2n) is 4.45. The molecule has 0 atom stereocenters. The van der Waals surface area contributed by atoms with Gasteiger partial charge < -0.3 is 0 Å². The Balaban J connectivity index is 2.09. The second kappa shape index (κ2) is 6.40. The molecule has 0 unspecified atom stereocenters. The van der Waals surface area contributed by atoms with E-state index in [-0.39, 0.29) is 0 Å². The Morgan fingerprint density at radius 1 is 1.11 bits per heavy atom. The molecule has 1 aromatic carbocycles. The van der Waals surface area contributed by atoms with E-state index in [2.05, 4.69) is 48.1 Å². The topological polar surface area (TPSA) is 25.8 Å². The molecule has 0 aliphatic rings. The zero-order chi connectivity index (χ0) is 13.8. The lowest BCUT2D eigenvalue weighted by molar-refractivity contribution is 0.938. The number of rotatable bonds is 4. The van der Waals surface area contributed by atoms with Gasteiger partial charge in [-0.25, -0.2) is 9.97 Å². The molecular formula is C15H17ClN2S. The van der Waals surface area contributed by atoms with Crippen molar-refractivity contribution in [2.75, 3.05) is 0 Å². The average molecular weight is 293 g/mol. The molecule has 0 N–H and O–H groups in total. The Labute approximate surface area is 123 Å². The Hall–Kier alpha value is -1.06. The maximum absolute atomic E-state index is 6.18. The molecule has 0 amide bonds. The molecule has 2 nitrogen and oxygen atoms in total. The molecule has 4 heteroatoms. The van der Waals surface area contributed by atoms with Gasteiger partial charge in [0, 0.05) is 16.2 Å². The highest BCUT2D eigenvalue weighted by Gasteiger charge is 2.08. The van der Waals surface area contributed by atoms with E-state index < -0.39 is 0 Å². The molecule has 0 saturated heterocycles. The standard InChI is InChI=1S/C15H17ClN2S/c1-4-13-11(3)17-14(18-15(13)16)9-19-12-7-5-10(2)6-8-12/h5-8H,4,9H2,1-3H3. The van der Waals surface area contributed by atoms with E-state index in [0.29, 0.717) is 5.15 Å². The first-order valence-electron chi connectivity index (χ1n) is 6.31. The minimum Gasteiger partial charge on any atom is -0.237 e. The summed E-state index contributed by atoms with van der Waals surface area (Å²) in [6.07, 6.45) is 0.871. The Kier molecular flexibility index (Phi) is 4.83. The molecule has 0 aliphatic carbocycles. The first-order chi connectivity index (χ1) is 9.10. The number of aryl methyl sites for hydroxylation is 2. The van der Waals surface area contributed by atoms with Gasteiger partial charge in [0.2, 0.25) is 0 Å². The summed E-state index contributed by atoms with van der Waals surface area (Å²) in [6, 6.07) is 8.47. The average Bonchev–Trinajstić information content (AvgIpc) is 2.38. The Morgan fingerprint density at radius 3 is 2.37 bits per heavy atom. The van der Waals surface area contributed by atoms with Crippen LogP contribution in [-0.2, 0) is 12.2 Å². The second-order valence-corrected chi connectivity index (χ2v) is 5.86. The molecule has 0 bridgehead atoms. The lowest BCUT2D eigenvalue weighted by atomic mass is 10.2. The quantitative estimate of drug-likeness (QED) is 0.608. The largest absolute Gasteiger partial charge is 0.237 e. The SMILES string of the molecule is CCc1c(C)nc(CSc2ccc(C)cc2)nc1Cl. The van der Waals surface area contributed by atoms with Crippen molar-refractivity contribution in [3.63, 3.8) is 0 Å². The predicted molar refractivity (Wildman–Crippen MR) is 81.9 cm³/mol. The highest BCUT2D eigenvalue weighted by molar-refractivity contribution is 7.98. The van der Waals surface area contributed by atoms with Crippen LogP contribution in [-0.4, -0.2) is 9.97 Å². The van der Waals surface area contributed by atoms with Gasteiger partial charge in [0.1, 0.15) is 11.0 Å². The number of hydrogen-bond acceptors (Lipinski definition) is 3. The molecule has 2 aromatic rings. The molecule has 0 spiro atoms. The fraction of sp³-hybridized carbons (Fsp3) is 0.333. The van der Waals surface area contributed by atoms with Crippen LogP contribution in [0.5, 0.6) is 0 Å². The van der Waals surface area contributed by atoms with Gasteiger partial charge in [-0.05, 0) is 32.4 Å². The summed E-state index contributed by atoms with van der Waals surface area (Å²) < 4.78 is 0. The van der Waals surface area contributed by atoms with Crippen molar-refractivity contribution in [3.05, 3.63) is 52.1 Å². The van der Waals surface area contributed by atoms with E-state index in [9.17, 15) is 0 Å². The fourth-order valence-corrected chi connectivity index (χ4v) is 2.99. The van der Waals surface area contributed by atoms with Gasteiger partial charge in [0.05, 0.1) is 5.75 Å². The smallest absolute Gasteiger partial charge is 0.140 e. The molecule has 0 fully saturated rings. The number of halogens is 1. The zero-order valence-corrected chi connectivity index (χ0v) is 13.0. The van der Waals surface area contributed by atoms with Crippen molar-refractivity contribution in [1.29, 1.82) is 0 Å². The molecule has 100 valence electrons. The summed E-state index contributed by atoms with van der Waals surface area (Å²) in [4.78, 5) is 10.1. The van der Waals surface area contributed by atoms with Gasteiger partial charge >= 0.3 is 0 Å². The normalized spacial score (nSPS) is 10.7. The van der Waals surface area contributed by atoms with Gasteiger partial charge in [-0.2, -0.15) is 0 Å². The Morgan fingerprint density at radius 2 is 1.79 bits per heavy atom. The van der Waals surface area contributed by atoms with Crippen molar-refractivity contribution in [1.82, 2.24) is 9.97 Å². The third-order valence-electron chi connectivity index (χ3n) is 2.95. The predicted octanol–water partition coefficient (Wildman–Crippen LogP) is 4.60. The van der Waals surface area contributed by atoms with Gasteiger partial charge in [-0.1, -0.05) is 36.2 Å². The van der Waals surface area contributed by atoms with Crippen LogP contribution in [0.3, 0.4) is 0 Å². The van der Waals surface area contributed by atoms with E-state index in [1.807, 2.05) is 6.92 Å². The Bertz CT molecular complexity index is 544. The maximum Gasteiger partial charge on any atom is 0.140 e. The monoisotopic (exact) mass is 292 g/mol. The van der Waals surface area contributed by atoms with E-state index in [4.69, 9.17) is 11.6 Å². The van der Waals surface area contributed by atoms with Crippen LogP contribution < -0.4 is 0 Å². The molecular weight excluding hydrogens is 276 g/mol. The summed E-state index contributed by atoms with van der Waals surface area (Å²) >= 11 is 7.91. The molecule has 0 radical (unpaired) electrons. The number of hydrogen-bond donors (Lipinski definition) is 0. The summed E-state index contributed by atoms with van der Waals surface area (Å²) in [5, 5.41) is 0.592. The van der Waals surface area contributed by atoms with Crippen LogP contribution in [0.15, 0.2) is 29.2 Å². The third-order valence-corrected chi connectivity index (χ3v) is 4.27. The fourth-order valence-electron chi connectivity index (χ4n) is 1.86. The highest BCUT2D eigenvalue weighted by atomic mass is 35.5. The minimum absolute atomic E-state index is 0.592. The molecule has 1 aromatic heterocycles. The van der Waals surface area contributed by atoms with Gasteiger partial charge in [-0.3, -0.25) is 0 Å². The molecule has 1 heterocycles. The highest BCUT2D eigenvalue weighted by Crippen LogP contribution is 2.24. The van der Waals surface area contributed by atoms with Crippen LogP contribution in [0.4, 0.5) is 0 Å². The molecule has 19 heavy (non-hydrogen) atoms. The van der Waals surface area contributed by atoms with E-state index in [1.165, 1.54) is 10.5 Å². The van der Waals surface area contributed by atoms with Gasteiger partial charge in [0.15, 0.2) is 0 Å². The maximum atomic E-state index is 6.18. The van der Waals surface area contributed by atoms with Crippen molar-refractivity contribution in [3.8, 4) is 0 Å². The summed E-state index contributed by atoms with van der Waals surface area (Å²) in [7, 11) is 0. The van der Waals surface area contributed by atoms with Crippen LogP contribution in [0.25, 0.3) is 0 Å². The number of thioether (sulfide) groups is 1.